The Balaban J connectivity index is 2.39. The number of nitrogens with two attached hydrogens (primary N) is 1. The molecular weight excluding hydrogens is 318 g/mol. The monoisotopic (exact) mass is 335 g/mol. The van der Waals surface area contributed by atoms with Crippen molar-refractivity contribution in [1.82, 2.24) is 15.0 Å². The summed E-state index contributed by atoms with van der Waals surface area (Å²) in [6, 6.07) is 7.21. The summed E-state index contributed by atoms with van der Waals surface area (Å²) < 4.78 is 1.39. The molecule has 0 bridgehead atoms. The summed E-state index contributed by atoms with van der Waals surface area (Å²) in [6.45, 7) is 5.52. The Kier molecular flexibility index (Phi) is 4.70. The van der Waals surface area contributed by atoms with Gasteiger partial charge in [-0.2, -0.15) is 0 Å². The van der Waals surface area contributed by atoms with Gasteiger partial charge in [-0.05, 0) is 11.6 Å². The fourth-order valence-electron chi connectivity index (χ4n) is 1.80. The second-order valence-electron chi connectivity index (χ2n) is 6.10. The van der Waals surface area contributed by atoms with E-state index in [0.717, 1.165) is 5.56 Å². The topological polar surface area (TPSA) is 103 Å². The van der Waals surface area contributed by atoms with Crippen LogP contribution in [0.3, 0.4) is 0 Å². The van der Waals surface area contributed by atoms with Gasteiger partial charge < -0.3 is 11.1 Å². The molecule has 2 amide bonds. The van der Waals surface area contributed by atoms with Crippen molar-refractivity contribution in [1.29, 1.82) is 0 Å². The average Bonchev–Trinajstić information content (AvgIpc) is 2.83. The van der Waals surface area contributed by atoms with E-state index in [1.165, 1.54) is 4.68 Å². The lowest BCUT2D eigenvalue weighted by Gasteiger charge is -2.18. The number of amides is 2. The highest BCUT2D eigenvalue weighted by atomic mass is 35.5. The highest BCUT2D eigenvalue weighted by molar-refractivity contribution is 6.31. The van der Waals surface area contributed by atoms with Crippen molar-refractivity contribution in [3.8, 4) is 0 Å². The standard InChI is InChI=1S/C15H18ClN5O2/c1-15(2,3)14(23)18-13-11(12(17)22)19-20-21(13)8-9-6-4-5-7-10(9)16/h4-7H,8H2,1-3H3,(H2,17,22)(H,18,23). The fraction of sp³-hybridized carbons (Fsp3) is 0.333. The Hall–Kier alpha value is -2.41. The molecule has 0 aliphatic carbocycles. The SMILES string of the molecule is CC(C)(C)C(=O)Nc1c(C(N)=O)nnn1Cc1ccccc1Cl. The molecule has 122 valence electrons. The van der Waals surface area contributed by atoms with E-state index >= 15 is 0 Å². The lowest BCUT2D eigenvalue weighted by atomic mass is 9.96. The zero-order chi connectivity index (χ0) is 17.2. The van der Waals surface area contributed by atoms with Crippen LogP contribution < -0.4 is 11.1 Å². The molecule has 7 nitrogen and oxygen atoms in total. The van der Waals surface area contributed by atoms with E-state index in [1.807, 2.05) is 18.2 Å². The fourth-order valence-corrected chi connectivity index (χ4v) is 1.99. The molecule has 0 aliphatic heterocycles. The van der Waals surface area contributed by atoms with Crippen molar-refractivity contribution in [3.05, 3.63) is 40.5 Å². The molecule has 1 heterocycles. The number of primary amides is 1. The second kappa shape index (κ2) is 6.37. The molecule has 2 rings (SSSR count). The van der Waals surface area contributed by atoms with Gasteiger partial charge in [-0.1, -0.05) is 55.8 Å². The minimum Gasteiger partial charge on any atom is -0.364 e. The Labute approximate surface area is 138 Å². The van der Waals surface area contributed by atoms with Crippen LogP contribution in [0.4, 0.5) is 5.82 Å². The molecule has 1 aromatic carbocycles. The van der Waals surface area contributed by atoms with Crippen LogP contribution in [-0.2, 0) is 11.3 Å². The molecule has 8 heteroatoms. The third-order valence-corrected chi connectivity index (χ3v) is 3.53. The highest BCUT2D eigenvalue weighted by Crippen LogP contribution is 2.22. The van der Waals surface area contributed by atoms with Crippen LogP contribution in [0.2, 0.25) is 5.02 Å². The van der Waals surface area contributed by atoms with Gasteiger partial charge in [0.2, 0.25) is 5.91 Å². The molecule has 23 heavy (non-hydrogen) atoms. The van der Waals surface area contributed by atoms with Crippen LogP contribution in [0.5, 0.6) is 0 Å². The van der Waals surface area contributed by atoms with Crippen molar-refractivity contribution in [2.24, 2.45) is 11.1 Å². The summed E-state index contributed by atoms with van der Waals surface area (Å²) in [4.78, 5) is 23.7. The molecule has 0 radical (unpaired) electrons. The maximum absolute atomic E-state index is 12.2. The lowest BCUT2D eigenvalue weighted by molar-refractivity contribution is -0.123. The first kappa shape index (κ1) is 17.0. The van der Waals surface area contributed by atoms with Crippen LogP contribution in [0.15, 0.2) is 24.3 Å². The van der Waals surface area contributed by atoms with Crippen LogP contribution in [0.1, 0.15) is 36.8 Å². The summed E-state index contributed by atoms with van der Waals surface area (Å²) in [7, 11) is 0. The molecule has 0 fully saturated rings. The number of carbonyl (C=O) groups excluding carboxylic acids is 2. The van der Waals surface area contributed by atoms with Crippen molar-refractivity contribution >= 4 is 29.2 Å². The number of hydrogen-bond acceptors (Lipinski definition) is 4. The number of hydrogen-bond donors (Lipinski definition) is 2. The number of nitrogens with one attached hydrogen (secondary N) is 1. The van der Waals surface area contributed by atoms with Crippen LogP contribution >= 0.6 is 11.6 Å². The second-order valence-corrected chi connectivity index (χ2v) is 6.51. The third-order valence-electron chi connectivity index (χ3n) is 3.16. The van der Waals surface area contributed by atoms with E-state index in [0.29, 0.717) is 5.02 Å². The van der Waals surface area contributed by atoms with Gasteiger partial charge in [-0.15, -0.1) is 5.10 Å². The summed E-state index contributed by atoms with van der Waals surface area (Å²) in [5, 5.41) is 10.9. The minimum atomic E-state index is -0.764. The zero-order valence-corrected chi connectivity index (χ0v) is 13.9. The molecular formula is C15H18ClN5O2. The number of benzene rings is 1. The first-order chi connectivity index (χ1) is 10.7. The first-order valence-corrected chi connectivity index (χ1v) is 7.36. The zero-order valence-electron chi connectivity index (χ0n) is 13.1. The molecule has 1 aromatic heterocycles. The summed E-state index contributed by atoms with van der Waals surface area (Å²) in [5.74, 6) is -0.875. The van der Waals surface area contributed by atoms with Gasteiger partial charge in [0.1, 0.15) is 0 Å². The van der Waals surface area contributed by atoms with Gasteiger partial charge in [0.15, 0.2) is 11.5 Å². The Bertz CT molecular complexity index is 749. The van der Waals surface area contributed by atoms with Crippen LogP contribution in [0, 0.1) is 5.41 Å². The van der Waals surface area contributed by atoms with E-state index in [1.54, 1.807) is 26.8 Å². The number of halogens is 1. The van der Waals surface area contributed by atoms with Crippen molar-refractivity contribution < 1.29 is 9.59 Å². The maximum Gasteiger partial charge on any atom is 0.273 e. The lowest BCUT2D eigenvalue weighted by Crippen LogP contribution is -2.30. The summed E-state index contributed by atoms with van der Waals surface area (Å²) in [6.07, 6.45) is 0. The Morgan fingerprint density at radius 3 is 2.52 bits per heavy atom. The molecule has 3 N–H and O–H groups in total. The number of rotatable bonds is 4. The molecule has 0 saturated heterocycles. The van der Waals surface area contributed by atoms with Gasteiger partial charge in [-0.25, -0.2) is 4.68 Å². The quantitative estimate of drug-likeness (QED) is 0.892. The Morgan fingerprint density at radius 1 is 1.30 bits per heavy atom. The van der Waals surface area contributed by atoms with Gasteiger partial charge in [0, 0.05) is 10.4 Å². The molecule has 0 aliphatic rings. The van der Waals surface area contributed by atoms with E-state index in [2.05, 4.69) is 15.6 Å². The maximum atomic E-state index is 12.2. The predicted octanol–water partition coefficient (Wildman–Crippen LogP) is 2.06. The van der Waals surface area contributed by atoms with Gasteiger partial charge >= 0.3 is 0 Å². The Morgan fingerprint density at radius 2 is 1.96 bits per heavy atom. The summed E-state index contributed by atoms with van der Waals surface area (Å²) in [5.41, 5.74) is 5.35. The van der Waals surface area contributed by atoms with E-state index in [-0.39, 0.29) is 24.0 Å². The van der Waals surface area contributed by atoms with Gasteiger partial charge in [0.05, 0.1) is 6.54 Å². The van der Waals surface area contributed by atoms with Crippen molar-refractivity contribution in [3.63, 3.8) is 0 Å². The number of nitrogens with zero attached hydrogens (tertiary/aromatic N) is 3. The minimum absolute atomic E-state index is 0.0883. The molecule has 2 aromatic rings. The summed E-state index contributed by atoms with van der Waals surface area (Å²) >= 11 is 6.13. The normalized spacial score (nSPS) is 11.3. The van der Waals surface area contributed by atoms with Crippen molar-refractivity contribution in [2.75, 3.05) is 5.32 Å². The van der Waals surface area contributed by atoms with Crippen molar-refractivity contribution in [2.45, 2.75) is 27.3 Å². The van der Waals surface area contributed by atoms with E-state index in [4.69, 9.17) is 17.3 Å². The largest absolute Gasteiger partial charge is 0.364 e. The number of anilines is 1. The van der Waals surface area contributed by atoms with Crippen LogP contribution in [0.25, 0.3) is 0 Å². The highest BCUT2D eigenvalue weighted by Gasteiger charge is 2.26. The predicted molar refractivity (Wildman–Crippen MR) is 87.2 cm³/mol. The molecule has 0 saturated carbocycles. The van der Waals surface area contributed by atoms with Gasteiger partial charge in [-0.3, -0.25) is 9.59 Å². The first-order valence-electron chi connectivity index (χ1n) is 6.98. The van der Waals surface area contributed by atoms with E-state index in [9.17, 15) is 9.59 Å². The van der Waals surface area contributed by atoms with Crippen LogP contribution in [-0.4, -0.2) is 26.8 Å². The number of aromatic nitrogens is 3. The molecule has 0 spiro atoms. The molecule has 0 unspecified atom stereocenters. The average molecular weight is 336 g/mol. The smallest absolute Gasteiger partial charge is 0.273 e. The van der Waals surface area contributed by atoms with Gasteiger partial charge in [0.25, 0.3) is 5.91 Å². The van der Waals surface area contributed by atoms with E-state index < -0.39 is 11.3 Å². The third kappa shape index (κ3) is 3.87. The number of carbonyl (C=O) groups is 2. The molecule has 0 atom stereocenters.